The maximum atomic E-state index is 9.70. The van der Waals surface area contributed by atoms with Crippen molar-refractivity contribution in [3.63, 3.8) is 0 Å². The van der Waals surface area contributed by atoms with E-state index in [1.807, 2.05) is 0 Å². The summed E-state index contributed by atoms with van der Waals surface area (Å²) < 4.78 is 0. The molecule has 0 spiro atoms. The van der Waals surface area contributed by atoms with Crippen molar-refractivity contribution in [2.24, 2.45) is 11.8 Å². The van der Waals surface area contributed by atoms with E-state index >= 15 is 0 Å². The van der Waals surface area contributed by atoms with Gasteiger partial charge in [0.1, 0.15) is 0 Å². The lowest BCUT2D eigenvalue weighted by atomic mass is 9.75. The van der Waals surface area contributed by atoms with E-state index in [0.29, 0.717) is 18.6 Å². The molecule has 2 N–H and O–H groups in total. The predicted molar refractivity (Wildman–Crippen MR) is 73.5 cm³/mol. The Hall–Kier alpha value is -0.120. The van der Waals surface area contributed by atoms with Crippen molar-refractivity contribution >= 4 is 0 Å². The van der Waals surface area contributed by atoms with Crippen LogP contribution in [0.3, 0.4) is 0 Å². The fourth-order valence-corrected chi connectivity index (χ4v) is 4.47. The molecular formula is C15H28N2O. The number of aliphatic hydroxyl groups is 1. The van der Waals surface area contributed by atoms with Crippen molar-refractivity contribution in [3.8, 4) is 0 Å². The van der Waals surface area contributed by atoms with Crippen molar-refractivity contribution in [1.82, 2.24) is 10.2 Å². The van der Waals surface area contributed by atoms with Crippen LogP contribution in [0.15, 0.2) is 0 Å². The Bertz CT molecular complexity index is 257. The van der Waals surface area contributed by atoms with Gasteiger partial charge in [0, 0.05) is 25.2 Å². The summed E-state index contributed by atoms with van der Waals surface area (Å²) >= 11 is 0. The zero-order valence-corrected chi connectivity index (χ0v) is 11.5. The van der Waals surface area contributed by atoms with E-state index in [0.717, 1.165) is 12.0 Å². The summed E-state index contributed by atoms with van der Waals surface area (Å²) in [4.78, 5) is 2.69. The van der Waals surface area contributed by atoms with Gasteiger partial charge in [-0.15, -0.1) is 0 Å². The average molecular weight is 252 g/mol. The molecule has 0 aromatic carbocycles. The van der Waals surface area contributed by atoms with Gasteiger partial charge >= 0.3 is 0 Å². The summed E-state index contributed by atoms with van der Waals surface area (Å²) in [5.41, 5.74) is 0. The summed E-state index contributed by atoms with van der Waals surface area (Å²) in [6.07, 6.45) is 9.37. The van der Waals surface area contributed by atoms with E-state index in [1.54, 1.807) is 0 Å². The molecule has 0 radical (unpaired) electrons. The molecule has 4 atom stereocenters. The average Bonchev–Trinajstić information content (AvgIpc) is 2.47. The molecule has 104 valence electrons. The summed E-state index contributed by atoms with van der Waals surface area (Å²) in [5.74, 6) is 1.31. The van der Waals surface area contributed by atoms with Crippen molar-refractivity contribution in [2.75, 3.05) is 26.2 Å². The number of nitrogens with one attached hydrogen (secondary N) is 1. The van der Waals surface area contributed by atoms with E-state index in [1.165, 1.54) is 64.6 Å². The Labute approximate surface area is 111 Å². The molecule has 0 aliphatic carbocycles. The second kappa shape index (κ2) is 5.89. The zero-order chi connectivity index (χ0) is 12.4. The number of rotatable bonds is 2. The Balaban J connectivity index is 1.65. The van der Waals surface area contributed by atoms with Gasteiger partial charge in [0.05, 0.1) is 0 Å². The van der Waals surface area contributed by atoms with Crippen LogP contribution in [-0.4, -0.2) is 48.3 Å². The lowest BCUT2D eigenvalue weighted by molar-refractivity contribution is -0.00811. The summed E-state index contributed by atoms with van der Waals surface area (Å²) in [7, 11) is 0. The van der Waals surface area contributed by atoms with Crippen LogP contribution < -0.4 is 5.32 Å². The molecule has 0 aromatic rings. The molecular weight excluding hydrogens is 224 g/mol. The van der Waals surface area contributed by atoms with Crippen molar-refractivity contribution in [2.45, 2.75) is 57.0 Å². The van der Waals surface area contributed by atoms with Gasteiger partial charge in [-0.2, -0.15) is 0 Å². The van der Waals surface area contributed by atoms with Gasteiger partial charge in [0.25, 0.3) is 0 Å². The van der Waals surface area contributed by atoms with Crippen LogP contribution in [0.5, 0.6) is 0 Å². The van der Waals surface area contributed by atoms with Gasteiger partial charge in [-0.1, -0.05) is 12.8 Å². The standard InChI is InChI=1S/C15H28N2O/c18-11-13-9-12(14-5-1-3-7-16-14)10-17-8-4-2-6-15(13)17/h12-16,18H,1-11H2/t12-,13-,14+,15-/m0/s1. The van der Waals surface area contributed by atoms with Gasteiger partial charge in [-0.25, -0.2) is 0 Å². The molecule has 3 fully saturated rings. The predicted octanol–water partition coefficient (Wildman–Crippen LogP) is 1.61. The zero-order valence-electron chi connectivity index (χ0n) is 11.5. The number of aliphatic hydroxyl groups excluding tert-OH is 1. The van der Waals surface area contributed by atoms with Crippen LogP contribution in [0, 0.1) is 11.8 Å². The van der Waals surface area contributed by atoms with Gasteiger partial charge < -0.3 is 10.4 Å². The van der Waals surface area contributed by atoms with E-state index in [2.05, 4.69) is 10.2 Å². The number of fused-ring (bicyclic) bond motifs is 1. The van der Waals surface area contributed by atoms with Crippen LogP contribution >= 0.6 is 0 Å². The minimum absolute atomic E-state index is 0.393. The lowest BCUT2D eigenvalue weighted by Gasteiger charge is -2.49. The third kappa shape index (κ3) is 2.59. The van der Waals surface area contributed by atoms with Gasteiger partial charge in [0.2, 0.25) is 0 Å². The normalized spacial score (nSPS) is 42.5. The molecule has 3 heterocycles. The second-order valence-corrected chi connectivity index (χ2v) is 6.55. The molecule has 3 aliphatic heterocycles. The largest absolute Gasteiger partial charge is 0.396 e. The first-order chi connectivity index (χ1) is 8.88. The number of nitrogens with zero attached hydrogens (tertiary/aromatic N) is 1. The van der Waals surface area contributed by atoms with E-state index in [-0.39, 0.29) is 0 Å². The maximum absolute atomic E-state index is 9.70. The third-order valence-corrected chi connectivity index (χ3v) is 5.43. The van der Waals surface area contributed by atoms with Crippen molar-refractivity contribution in [1.29, 1.82) is 0 Å². The number of piperidine rings is 3. The summed E-state index contributed by atoms with van der Waals surface area (Å²) in [6, 6.07) is 1.40. The van der Waals surface area contributed by atoms with E-state index in [9.17, 15) is 5.11 Å². The fraction of sp³-hybridized carbons (Fsp3) is 1.00. The second-order valence-electron chi connectivity index (χ2n) is 6.55. The highest BCUT2D eigenvalue weighted by atomic mass is 16.3. The monoisotopic (exact) mass is 252 g/mol. The molecule has 0 aromatic heterocycles. The van der Waals surface area contributed by atoms with Crippen molar-refractivity contribution in [3.05, 3.63) is 0 Å². The molecule has 3 aliphatic rings. The molecule has 3 heteroatoms. The van der Waals surface area contributed by atoms with Crippen LogP contribution in [-0.2, 0) is 0 Å². The number of hydrogen-bond donors (Lipinski definition) is 2. The topological polar surface area (TPSA) is 35.5 Å². The molecule has 3 saturated heterocycles. The molecule has 3 rings (SSSR count). The first-order valence-corrected chi connectivity index (χ1v) is 7.97. The Morgan fingerprint density at radius 3 is 2.78 bits per heavy atom. The molecule has 3 nitrogen and oxygen atoms in total. The summed E-state index contributed by atoms with van der Waals surface area (Å²) in [5, 5.41) is 13.4. The highest BCUT2D eigenvalue weighted by Gasteiger charge is 2.39. The SMILES string of the molecule is OC[C@@H]1C[C@H]([C@H]2CCCCN2)CN2CCCC[C@@H]12. The third-order valence-electron chi connectivity index (χ3n) is 5.43. The van der Waals surface area contributed by atoms with Gasteiger partial charge in [-0.05, 0) is 57.0 Å². The quantitative estimate of drug-likeness (QED) is 0.784. The van der Waals surface area contributed by atoms with Crippen molar-refractivity contribution < 1.29 is 5.11 Å². The minimum Gasteiger partial charge on any atom is -0.396 e. The Kier molecular flexibility index (Phi) is 4.22. The molecule has 18 heavy (non-hydrogen) atoms. The molecule has 0 saturated carbocycles. The van der Waals surface area contributed by atoms with Crippen LogP contribution in [0.25, 0.3) is 0 Å². The maximum Gasteiger partial charge on any atom is 0.0474 e. The first-order valence-electron chi connectivity index (χ1n) is 7.97. The Morgan fingerprint density at radius 2 is 2.00 bits per heavy atom. The van der Waals surface area contributed by atoms with Crippen LogP contribution in [0.1, 0.15) is 44.9 Å². The van der Waals surface area contributed by atoms with Crippen LogP contribution in [0.4, 0.5) is 0 Å². The highest BCUT2D eigenvalue weighted by Crippen LogP contribution is 2.35. The van der Waals surface area contributed by atoms with E-state index < -0.39 is 0 Å². The minimum atomic E-state index is 0.393. The molecule has 0 unspecified atom stereocenters. The first kappa shape index (κ1) is 12.9. The smallest absolute Gasteiger partial charge is 0.0474 e. The summed E-state index contributed by atoms with van der Waals surface area (Å²) in [6.45, 7) is 4.14. The van der Waals surface area contributed by atoms with Gasteiger partial charge in [-0.3, -0.25) is 4.90 Å². The molecule has 0 bridgehead atoms. The Morgan fingerprint density at radius 1 is 1.11 bits per heavy atom. The fourth-order valence-electron chi connectivity index (χ4n) is 4.47. The molecule has 0 amide bonds. The highest BCUT2D eigenvalue weighted by molar-refractivity contribution is 4.94. The van der Waals surface area contributed by atoms with E-state index in [4.69, 9.17) is 0 Å². The van der Waals surface area contributed by atoms with Crippen LogP contribution in [0.2, 0.25) is 0 Å². The number of hydrogen-bond acceptors (Lipinski definition) is 3. The van der Waals surface area contributed by atoms with Gasteiger partial charge in [0.15, 0.2) is 0 Å². The lowest BCUT2D eigenvalue weighted by Crippen LogP contribution is -2.56.